The van der Waals surface area contributed by atoms with E-state index >= 15 is 0 Å². The molecule has 2 aromatic carbocycles. The lowest BCUT2D eigenvalue weighted by Crippen LogP contribution is -2.57. The molecule has 32 heavy (non-hydrogen) atoms. The van der Waals surface area contributed by atoms with Crippen LogP contribution < -0.4 is 5.32 Å². The number of hydrogen-bond acceptors (Lipinski definition) is 4. The van der Waals surface area contributed by atoms with Crippen LogP contribution >= 0.6 is 0 Å². The van der Waals surface area contributed by atoms with Crippen LogP contribution in [0.1, 0.15) is 31.9 Å². The first-order valence-corrected chi connectivity index (χ1v) is 10.5. The molecule has 7 nitrogen and oxygen atoms in total. The highest BCUT2D eigenvalue weighted by molar-refractivity contribution is 5.93. The fraction of sp³-hybridized carbons (Fsp3) is 0.320. The summed E-state index contributed by atoms with van der Waals surface area (Å²) in [7, 11) is 1.59. The van der Waals surface area contributed by atoms with Crippen LogP contribution in [-0.2, 0) is 32.1 Å². The van der Waals surface area contributed by atoms with Gasteiger partial charge >= 0.3 is 5.97 Å². The molecule has 168 valence electrons. The number of ether oxygens (including phenoxy) is 1. The van der Waals surface area contributed by atoms with E-state index in [1.807, 2.05) is 60.8 Å². The Morgan fingerprint density at radius 3 is 2.41 bits per heavy atom. The van der Waals surface area contributed by atoms with Crippen LogP contribution in [0.5, 0.6) is 0 Å². The molecule has 2 amide bonds. The highest BCUT2D eigenvalue weighted by atomic mass is 16.5. The van der Waals surface area contributed by atoms with Crippen molar-refractivity contribution < 1.29 is 19.1 Å². The molecule has 7 heteroatoms. The third-order valence-electron chi connectivity index (χ3n) is 5.51. The van der Waals surface area contributed by atoms with Gasteiger partial charge in [-0.05, 0) is 31.0 Å². The van der Waals surface area contributed by atoms with Crippen LogP contribution in [0.4, 0.5) is 0 Å². The van der Waals surface area contributed by atoms with Gasteiger partial charge in [0.1, 0.15) is 18.2 Å². The molecule has 1 aromatic heterocycles. The maximum atomic E-state index is 13.2. The number of hydrogen-bond donors (Lipinski definition) is 2. The molecule has 2 N–H and O–H groups in total. The minimum atomic E-state index is -1.26. The molecule has 0 aliphatic heterocycles. The van der Waals surface area contributed by atoms with Crippen LogP contribution in [0, 0.1) is 0 Å². The first-order valence-electron chi connectivity index (χ1n) is 10.5. The summed E-state index contributed by atoms with van der Waals surface area (Å²) in [6, 6.07) is 16.3. The first-order chi connectivity index (χ1) is 15.2. The van der Waals surface area contributed by atoms with Crippen molar-refractivity contribution in [1.29, 1.82) is 0 Å². The number of likely N-dealkylation sites (N-methyl/N-ethyl adjacent to an activating group) is 1. The third-order valence-corrected chi connectivity index (χ3v) is 5.51. The van der Waals surface area contributed by atoms with Crippen molar-refractivity contribution >= 4 is 28.7 Å². The molecule has 0 radical (unpaired) electrons. The maximum absolute atomic E-state index is 13.2. The summed E-state index contributed by atoms with van der Waals surface area (Å²) in [6.45, 7) is 4.71. The van der Waals surface area contributed by atoms with Gasteiger partial charge in [-0.15, -0.1) is 0 Å². The lowest BCUT2D eigenvalue weighted by Gasteiger charge is -2.31. The number of carbonyl (C=O) groups excluding carboxylic acids is 3. The largest absolute Gasteiger partial charge is 0.459 e. The highest BCUT2D eigenvalue weighted by Gasteiger charge is 2.35. The van der Waals surface area contributed by atoms with Gasteiger partial charge in [0, 0.05) is 37.5 Å². The molecule has 1 atom stereocenters. The van der Waals surface area contributed by atoms with Crippen molar-refractivity contribution in [1.82, 2.24) is 15.2 Å². The molecule has 0 spiro atoms. The predicted molar refractivity (Wildman–Crippen MR) is 123 cm³/mol. The number of aromatic amines is 1. The Morgan fingerprint density at radius 2 is 1.72 bits per heavy atom. The molecular weight excluding hydrogens is 406 g/mol. The number of para-hydroxylation sites is 1. The molecule has 3 aromatic rings. The van der Waals surface area contributed by atoms with Crippen molar-refractivity contribution in [2.75, 3.05) is 7.05 Å². The molecule has 0 unspecified atom stereocenters. The summed E-state index contributed by atoms with van der Waals surface area (Å²) >= 11 is 0. The second kappa shape index (κ2) is 9.68. The molecule has 0 saturated carbocycles. The smallest absolute Gasteiger partial charge is 0.331 e. The zero-order valence-corrected chi connectivity index (χ0v) is 18.8. The predicted octanol–water partition coefficient (Wildman–Crippen LogP) is 3.20. The van der Waals surface area contributed by atoms with Gasteiger partial charge in [-0.25, -0.2) is 4.79 Å². The van der Waals surface area contributed by atoms with Crippen molar-refractivity contribution in [3.05, 3.63) is 71.9 Å². The van der Waals surface area contributed by atoms with Crippen LogP contribution in [0.25, 0.3) is 10.9 Å². The van der Waals surface area contributed by atoms with Gasteiger partial charge in [0.2, 0.25) is 11.8 Å². The van der Waals surface area contributed by atoms with Gasteiger partial charge in [0.25, 0.3) is 0 Å². The number of nitrogens with one attached hydrogen (secondary N) is 2. The van der Waals surface area contributed by atoms with E-state index in [1.54, 1.807) is 20.9 Å². The van der Waals surface area contributed by atoms with Crippen molar-refractivity contribution in [2.24, 2.45) is 0 Å². The lowest BCUT2D eigenvalue weighted by atomic mass is 10.0. The molecule has 3 rings (SSSR count). The van der Waals surface area contributed by atoms with E-state index in [0.717, 1.165) is 22.0 Å². The standard InChI is InChI=1S/C25H29N3O4/c1-17(29)28(4)22(14-19-15-26-21-13-9-8-12-20(19)21)23(30)27-25(2,3)24(31)32-16-18-10-6-5-7-11-18/h5-13,15,22,26H,14,16H2,1-4H3,(H,27,30)/t22-/m1/s1. The van der Waals surface area contributed by atoms with Gasteiger partial charge in [0.15, 0.2) is 0 Å². The Balaban J connectivity index is 1.73. The number of benzene rings is 2. The Morgan fingerprint density at radius 1 is 1.06 bits per heavy atom. The molecule has 0 aliphatic rings. The summed E-state index contributed by atoms with van der Waals surface area (Å²) in [5.41, 5.74) is 1.47. The lowest BCUT2D eigenvalue weighted by molar-refractivity contribution is -0.154. The minimum absolute atomic E-state index is 0.116. The summed E-state index contributed by atoms with van der Waals surface area (Å²) in [5, 5.41) is 3.76. The van der Waals surface area contributed by atoms with E-state index in [1.165, 1.54) is 11.8 Å². The number of amides is 2. The zero-order chi connectivity index (χ0) is 23.3. The number of fused-ring (bicyclic) bond motifs is 1. The number of nitrogens with zero attached hydrogens (tertiary/aromatic N) is 1. The third kappa shape index (κ3) is 5.35. The average molecular weight is 436 g/mol. The van der Waals surface area contributed by atoms with E-state index < -0.39 is 23.5 Å². The first kappa shape index (κ1) is 23.1. The SMILES string of the molecule is CC(=O)N(C)[C@H](Cc1c[nH]c2ccccc12)C(=O)NC(C)(C)C(=O)OCc1ccccc1. The fourth-order valence-electron chi connectivity index (χ4n) is 3.48. The van der Waals surface area contributed by atoms with E-state index in [-0.39, 0.29) is 12.5 Å². The van der Waals surface area contributed by atoms with Crippen molar-refractivity contribution in [3.8, 4) is 0 Å². The van der Waals surface area contributed by atoms with Crippen LogP contribution in [0.2, 0.25) is 0 Å². The van der Waals surface area contributed by atoms with Gasteiger partial charge < -0.3 is 19.9 Å². The Hall–Kier alpha value is -3.61. The van der Waals surface area contributed by atoms with Crippen LogP contribution in [0.15, 0.2) is 60.8 Å². The topological polar surface area (TPSA) is 91.5 Å². The Labute approximate surface area is 187 Å². The molecule has 0 fully saturated rings. The number of aromatic nitrogens is 1. The molecule has 0 bridgehead atoms. The van der Waals surface area contributed by atoms with E-state index in [0.29, 0.717) is 6.42 Å². The highest BCUT2D eigenvalue weighted by Crippen LogP contribution is 2.21. The molecular formula is C25H29N3O4. The summed E-state index contributed by atoms with van der Waals surface area (Å²) < 4.78 is 5.41. The average Bonchev–Trinajstić information content (AvgIpc) is 3.18. The van der Waals surface area contributed by atoms with E-state index in [2.05, 4.69) is 10.3 Å². The second-order valence-electron chi connectivity index (χ2n) is 8.39. The normalized spacial score (nSPS) is 12.2. The van der Waals surface area contributed by atoms with Crippen LogP contribution in [0.3, 0.4) is 0 Å². The molecule has 1 heterocycles. The number of H-pyrrole nitrogens is 1. The van der Waals surface area contributed by atoms with Crippen molar-refractivity contribution in [3.63, 3.8) is 0 Å². The molecule has 0 aliphatic carbocycles. The van der Waals surface area contributed by atoms with Crippen LogP contribution in [-0.4, -0.2) is 46.3 Å². The fourth-order valence-corrected chi connectivity index (χ4v) is 3.48. The van der Waals surface area contributed by atoms with E-state index in [4.69, 9.17) is 4.74 Å². The quantitative estimate of drug-likeness (QED) is 0.532. The molecule has 0 saturated heterocycles. The Kier molecular flexibility index (Phi) is 6.98. The van der Waals surface area contributed by atoms with Gasteiger partial charge in [-0.1, -0.05) is 48.5 Å². The monoisotopic (exact) mass is 435 g/mol. The minimum Gasteiger partial charge on any atom is -0.459 e. The number of rotatable bonds is 8. The van der Waals surface area contributed by atoms with Gasteiger partial charge in [0.05, 0.1) is 0 Å². The Bertz CT molecular complexity index is 1100. The van der Waals surface area contributed by atoms with Gasteiger partial charge in [-0.2, -0.15) is 0 Å². The van der Waals surface area contributed by atoms with Gasteiger partial charge in [-0.3, -0.25) is 9.59 Å². The summed E-state index contributed by atoms with van der Waals surface area (Å²) in [6.07, 6.45) is 2.15. The number of esters is 1. The van der Waals surface area contributed by atoms with Crippen molar-refractivity contribution in [2.45, 2.75) is 45.4 Å². The summed E-state index contributed by atoms with van der Waals surface area (Å²) in [5.74, 6) is -1.21. The maximum Gasteiger partial charge on any atom is 0.331 e. The number of carbonyl (C=O) groups is 3. The van der Waals surface area contributed by atoms with E-state index in [9.17, 15) is 14.4 Å². The second-order valence-corrected chi connectivity index (χ2v) is 8.39. The summed E-state index contributed by atoms with van der Waals surface area (Å²) in [4.78, 5) is 42.6. The zero-order valence-electron chi connectivity index (χ0n) is 18.8.